The Labute approximate surface area is 159 Å². The maximum Gasteiger partial charge on any atom is 0.161 e. The Hall–Kier alpha value is -3.87. The number of aromatic nitrogens is 2. The van der Waals surface area contributed by atoms with Crippen LogP contribution in [0, 0.1) is 5.82 Å². The van der Waals surface area contributed by atoms with Crippen LogP contribution in [0.2, 0.25) is 0 Å². The number of methoxy groups -OCH3 is 1. The van der Waals surface area contributed by atoms with E-state index >= 15 is 0 Å². The van der Waals surface area contributed by atoms with Crippen molar-refractivity contribution in [2.24, 2.45) is 0 Å². The highest BCUT2D eigenvalue weighted by molar-refractivity contribution is 5.94. The molecule has 0 saturated carbocycles. The normalized spacial score (nSPS) is 10.8. The molecule has 1 heterocycles. The van der Waals surface area contributed by atoms with Gasteiger partial charge in [0.25, 0.3) is 0 Å². The fourth-order valence-electron chi connectivity index (χ4n) is 2.93. The third kappa shape index (κ3) is 3.25. The number of ether oxygens (including phenoxy) is 1. The molecule has 1 aromatic heterocycles. The van der Waals surface area contributed by atoms with Crippen LogP contribution in [0.4, 0.5) is 15.9 Å². The highest BCUT2D eigenvalue weighted by atomic mass is 19.1. The molecule has 7 heteroatoms. The largest absolute Gasteiger partial charge is 0.508 e. The Balaban J connectivity index is 1.81. The fraction of sp³-hybridized carbons (Fsp3) is 0.0476. The van der Waals surface area contributed by atoms with Crippen molar-refractivity contribution in [1.82, 2.24) is 9.97 Å². The molecule has 0 amide bonds. The fourth-order valence-corrected chi connectivity index (χ4v) is 2.93. The van der Waals surface area contributed by atoms with Gasteiger partial charge in [-0.3, -0.25) is 0 Å². The molecule has 0 aliphatic heterocycles. The lowest BCUT2D eigenvalue weighted by molar-refractivity contribution is 0.373. The van der Waals surface area contributed by atoms with Crippen molar-refractivity contribution in [2.45, 2.75) is 0 Å². The first-order valence-corrected chi connectivity index (χ1v) is 8.43. The van der Waals surface area contributed by atoms with Crippen molar-refractivity contribution >= 4 is 22.4 Å². The van der Waals surface area contributed by atoms with Crippen LogP contribution in [0.15, 0.2) is 60.9 Å². The Bertz CT molecular complexity index is 1180. The van der Waals surface area contributed by atoms with Crippen molar-refractivity contribution in [3.05, 3.63) is 66.7 Å². The first-order chi connectivity index (χ1) is 13.5. The van der Waals surface area contributed by atoms with Crippen LogP contribution in [0.1, 0.15) is 0 Å². The standard InChI is InChI=1S/C21H16FN3O3/c1-28-20-9-13(3-7-19(20)27)12-2-6-17-15(8-12)21(24-11-23-17)25-18-10-14(26)4-5-16(18)22/h2-11,26-27H,1H3,(H,23,24,25). The lowest BCUT2D eigenvalue weighted by Crippen LogP contribution is -1.98. The predicted octanol–water partition coefficient (Wildman–Crippen LogP) is 4.60. The van der Waals surface area contributed by atoms with Crippen molar-refractivity contribution in [2.75, 3.05) is 12.4 Å². The SMILES string of the molecule is COc1cc(-c2ccc3ncnc(Nc4cc(O)ccc4F)c3c2)ccc1O. The van der Waals surface area contributed by atoms with E-state index in [0.717, 1.165) is 11.1 Å². The number of nitrogens with one attached hydrogen (secondary N) is 1. The quantitative estimate of drug-likeness (QED) is 0.482. The van der Waals surface area contributed by atoms with Gasteiger partial charge in [0.15, 0.2) is 11.5 Å². The average molecular weight is 377 g/mol. The summed E-state index contributed by atoms with van der Waals surface area (Å²) < 4.78 is 19.2. The van der Waals surface area contributed by atoms with E-state index in [-0.39, 0.29) is 17.2 Å². The van der Waals surface area contributed by atoms with Crippen molar-refractivity contribution in [3.8, 4) is 28.4 Å². The molecule has 0 bridgehead atoms. The number of fused-ring (bicyclic) bond motifs is 1. The van der Waals surface area contributed by atoms with E-state index in [2.05, 4.69) is 15.3 Å². The minimum Gasteiger partial charge on any atom is -0.508 e. The molecule has 0 saturated heterocycles. The molecule has 0 atom stereocenters. The zero-order valence-corrected chi connectivity index (χ0v) is 14.8. The highest BCUT2D eigenvalue weighted by Gasteiger charge is 2.11. The first kappa shape index (κ1) is 17.5. The number of anilines is 2. The van der Waals surface area contributed by atoms with E-state index < -0.39 is 5.82 Å². The number of nitrogens with zero attached hydrogens (tertiary/aromatic N) is 2. The number of hydrogen-bond acceptors (Lipinski definition) is 6. The van der Waals surface area contributed by atoms with Crippen molar-refractivity contribution in [3.63, 3.8) is 0 Å². The topological polar surface area (TPSA) is 87.5 Å². The molecule has 4 aromatic rings. The van der Waals surface area contributed by atoms with Gasteiger partial charge < -0.3 is 20.3 Å². The second-order valence-electron chi connectivity index (χ2n) is 6.13. The summed E-state index contributed by atoms with van der Waals surface area (Å²) in [6.45, 7) is 0. The zero-order chi connectivity index (χ0) is 19.7. The van der Waals surface area contributed by atoms with Gasteiger partial charge in [0.05, 0.1) is 18.3 Å². The Morgan fingerprint density at radius 2 is 1.71 bits per heavy atom. The molecule has 3 N–H and O–H groups in total. The van der Waals surface area contributed by atoms with Gasteiger partial charge in [0, 0.05) is 11.5 Å². The Morgan fingerprint density at radius 1 is 0.929 bits per heavy atom. The molecule has 140 valence electrons. The number of rotatable bonds is 4. The van der Waals surface area contributed by atoms with Crippen LogP contribution in [-0.2, 0) is 0 Å². The monoisotopic (exact) mass is 377 g/mol. The Morgan fingerprint density at radius 3 is 2.54 bits per heavy atom. The maximum absolute atomic E-state index is 14.1. The summed E-state index contributed by atoms with van der Waals surface area (Å²) >= 11 is 0. The van der Waals surface area contributed by atoms with Gasteiger partial charge in [-0.25, -0.2) is 14.4 Å². The van der Waals surface area contributed by atoms with Crippen LogP contribution in [-0.4, -0.2) is 27.3 Å². The maximum atomic E-state index is 14.1. The molecule has 0 fully saturated rings. The second-order valence-corrected chi connectivity index (χ2v) is 6.13. The van der Waals surface area contributed by atoms with E-state index in [9.17, 15) is 14.6 Å². The minimum atomic E-state index is -0.510. The lowest BCUT2D eigenvalue weighted by atomic mass is 10.0. The molecule has 6 nitrogen and oxygen atoms in total. The van der Waals surface area contributed by atoms with E-state index in [1.54, 1.807) is 18.2 Å². The van der Waals surface area contributed by atoms with Crippen LogP contribution in [0.25, 0.3) is 22.0 Å². The minimum absolute atomic E-state index is 0.0529. The lowest BCUT2D eigenvalue weighted by Gasteiger charge is -2.11. The third-order valence-electron chi connectivity index (χ3n) is 4.35. The number of aromatic hydroxyl groups is 2. The molecular formula is C21H16FN3O3. The summed E-state index contributed by atoms with van der Waals surface area (Å²) in [6.07, 6.45) is 1.38. The highest BCUT2D eigenvalue weighted by Crippen LogP contribution is 2.34. The molecule has 0 unspecified atom stereocenters. The van der Waals surface area contributed by atoms with E-state index in [4.69, 9.17) is 4.74 Å². The zero-order valence-electron chi connectivity index (χ0n) is 14.8. The van der Waals surface area contributed by atoms with Crippen LogP contribution in [0.5, 0.6) is 17.2 Å². The van der Waals surface area contributed by atoms with Gasteiger partial charge in [0.2, 0.25) is 0 Å². The molecule has 0 aliphatic carbocycles. The summed E-state index contributed by atoms with van der Waals surface area (Å²) in [5, 5.41) is 23.0. The van der Waals surface area contributed by atoms with Gasteiger partial charge >= 0.3 is 0 Å². The van der Waals surface area contributed by atoms with Crippen LogP contribution in [0.3, 0.4) is 0 Å². The molecule has 3 aromatic carbocycles. The van der Waals surface area contributed by atoms with Crippen molar-refractivity contribution < 1.29 is 19.3 Å². The summed E-state index contributed by atoms with van der Waals surface area (Å²) in [4.78, 5) is 8.47. The van der Waals surface area contributed by atoms with Gasteiger partial charge in [-0.05, 0) is 47.5 Å². The molecule has 4 rings (SSSR count). The molecule has 0 radical (unpaired) electrons. The number of halogens is 1. The molecule has 0 spiro atoms. The number of phenols is 2. The Kier molecular flexibility index (Phi) is 4.41. The summed E-state index contributed by atoms with van der Waals surface area (Å²) in [5.74, 6) is 0.254. The summed E-state index contributed by atoms with van der Waals surface area (Å²) in [6, 6.07) is 14.4. The predicted molar refractivity (Wildman–Crippen MR) is 105 cm³/mol. The summed E-state index contributed by atoms with van der Waals surface area (Å²) in [5.41, 5.74) is 2.46. The first-order valence-electron chi connectivity index (χ1n) is 8.43. The van der Waals surface area contributed by atoms with E-state index in [1.807, 2.05) is 18.2 Å². The second kappa shape index (κ2) is 7.03. The summed E-state index contributed by atoms with van der Waals surface area (Å²) in [7, 11) is 1.49. The van der Waals surface area contributed by atoms with Crippen molar-refractivity contribution in [1.29, 1.82) is 0 Å². The van der Waals surface area contributed by atoms with Gasteiger partial charge in [0.1, 0.15) is 23.7 Å². The number of phenolic OH excluding ortho intramolecular Hbond substituents is 2. The van der Waals surface area contributed by atoms with E-state index in [1.165, 1.54) is 31.6 Å². The van der Waals surface area contributed by atoms with Gasteiger partial charge in [-0.15, -0.1) is 0 Å². The third-order valence-corrected chi connectivity index (χ3v) is 4.35. The van der Waals surface area contributed by atoms with Crippen LogP contribution < -0.4 is 10.1 Å². The molecule has 0 aliphatic rings. The van der Waals surface area contributed by atoms with Crippen LogP contribution >= 0.6 is 0 Å². The molecule has 28 heavy (non-hydrogen) atoms. The molecular weight excluding hydrogens is 361 g/mol. The number of hydrogen-bond donors (Lipinski definition) is 3. The smallest absolute Gasteiger partial charge is 0.161 e. The van der Waals surface area contributed by atoms with E-state index in [0.29, 0.717) is 22.5 Å². The van der Waals surface area contributed by atoms with Gasteiger partial charge in [-0.1, -0.05) is 12.1 Å². The number of benzene rings is 3. The average Bonchev–Trinajstić information content (AvgIpc) is 2.71. The van der Waals surface area contributed by atoms with Gasteiger partial charge in [-0.2, -0.15) is 0 Å².